The van der Waals surface area contributed by atoms with Crippen LogP contribution in [0, 0.1) is 23.2 Å². The van der Waals surface area contributed by atoms with Crippen LogP contribution in [0.2, 0.25) is 0 Å². The number of anilines is 1. The molecule has 4 atom stereocenters. The molecule has 4 saturated carbocycles. The van der Waals surface area contributed by atoms with Crippen LogP contribution in [0.15, 0.2) is 36.9 Å². The van der Waals surface area contributed by atoms with Gasteiger partial charge in [-0.25, -0.2) is 19.7 Å². The smallest absolute Gasteiger partial charge is 0.335 e. The molecule has 4 bridgehead atoms. The van der Waals surface area contributed by atoms with Gasteiger partial charge in [-0.15, -0.1) is 0 Å². The molecule has 0 radical (unpaired) electrons. The molecular formula is C30H33N5O5. The summed E-state index contributed by atoms with van der Waals surface area (Å²) < 4.78 is 20.9. The van der Waals surface area contributed by atoms with Crippen LogP contribution in [0.1, 0.15) is 55.9 Å². The lowest BCUT2D eigenvalue weighted by Crippen LogP contribution is -2.49. The quantitative estimate of drug-likeness (QED) is 0.496. The fraction of sp³-hybridized carbons (Fsp3) is 0.600. The van der Waals surface area contributed by atoms with Crippen molar-refractivity contribution in [2.24, 2.45) is 23.2 Å². The van der Waals surface area contributed by atoms with Crippen molar-refractivity contribution >= 4 is 23.0 Å². The Morgan fingerprint density at radius 3 is 2.33 bits per heavy atom. The molecule has 0 amide bonds. The number of hydrogen-bond donors (Lipinski definition) is 2. The van der Waals surface area contributed by atoms with Gasteiger partial charge in [-0.2, -0.15) is 0 Å². The number of benzene rings is 1. The Balaban J connectivity index is 1.00. The predicted octanol–water partition coefficient (Wildman–Crippen LogP) is 3.72. The summed E-state index contributed by atoms with van der Waals surface area (Å²) in [7, 11) is 0. The van der Waals surface area contributed by atoms with Crippen LogP contribution in [-0.4, -0.2) is 61.2 Å². The zero-order valence-corrected chi connectivity index (χ0v) is 22.2. The van der Waals surface area contributed by atoms with E-state index in [0.29, 0.717) is 29.4 Å². The number of carboxylic acids is 1. The molecule has 2 aromatic heterocycles. The summed E-state index contributed by atoms with van der Waals surface area (Å²) in [5.41, 5.74) is 3.95. The number of nitrogens with zero attached hydrogens (tertiary/aromatic N) is 4. The topological polar surface area (TPSA) is 121 Å². The fourth-order valence-electron chi connectivity index (χ4n) is 9.50. The Morgan fingerprint density at radius 2 is 1.65 bits per heavy atom. The van der Waals surface area contributed by atoms with Gasteiger partial charge in [0, 0.05) is 19.4 Å². The van der Waals surface area contributed by atoms with Gasteiger partial charge in [0.15, 0.2) is 35.1 Å². The first-order valence-corrected chi connectivity index (χ1v) is 14.7. The third-order valence-electron chi connectivity index (χ3n) is 10.6. The van der Waals surface area contributed by atoms with Crippen molar-refractivity contribution in [2.45, 2.75) is 81.7 Å². The Kier molecular flexibility index (Phi) is 4.86. The third kappa shape index (κ3) is 3.45. The van der Waals surface area contributed by atoms with Crippen molar-refractivity contribution < 1.29 is 24.1 Å². The predicted molar refractivity (Wildman–Crippen MR) is 142 cm³/mol. The maximum Gasteiger partial charge on any atom is 0.335 e. The number of hydrogen-bond acceptors (Lipinski definition) is 8. The summed E-state index contributed by atoms with van der Waals surface area (Å²) in [4.78, 5) is 26.0. The minimum absolute atomic E-state index is 0.354. The standard InChI is InChI=1S/C30H33N5O5/c36-28(37)24-22-23(40-30(39-22)11-19-3-1-2-4-20(19)12-30)27(38-24)35-15-34-21-25(32-14-33-26(21)35)31-13-29-8-16-5-17(9-29)7-18(6-16)10-29/h1-4,14-18,22-24,27H,5-13H2,(H,36,37)(H,31,32,33)/t16?,17?,18?,22?,23-,24-,27+,29?/m0/s1. The second-order valence-corrected chi connectivity index (χ2v) is 13.3. The number of ether oxygens (including phenoxy) is 3. The first-order chi connectivity index (χ1) is 19.5. The van der Waals surface area contributed by atoms with E-state index in [1.54, 1.807) is 17.2 Å². The summed E-state index contributed by atoms with van der Waals surface area (Å²) >= 11 is 0. The molecule has 40 heavy (non-hydrogen) atoms. The van der Waals surface area contributed by atoms with Gasteiger partial charge in [0.1, 0.15) is 18.5 Å². The molecule has 1 aromatic carbocycles. The molecule has 10 rings (SSSR count). The minimum Gasteiger partial charge on any atom is -0.479 e. The summed E-state index contributed by atoms with van der Waals surface area (Å²) in [5, 5.41) is 13.7. The van der Waals surface area contributed by atoms with Crippen LogP contribution in [0.5, 0.6) is 0 Å². The number of rotatable bonds is 5. The van der Waals surface area contributed by atoms with E-state index in [9.17, 15) is 9.90 Å². The van der Waals surface area contributed by atoms with E-state index in [4.69, 9.17) is 14.2 Å². The first kappa shape index (κ1) is 23.6. The summed E-state index contributed by atoms with van der Waals surface area (Å²) in [6, 6.07) is 8.16. The van der Waals surface area contributed by atoms with E-state index < -0.39 is 36.3 Å². The van der Waals surface area contributed by atoms with E-state index in [1.807, 2.05) is 12.1 Å². The SMILES string of the molecule is O=C(O)[C@H]1O[C@@H](n2cnc3c(NCC45CC6CC(CC(C6)C4)C5)ncnc32)[C@H]2OC3(Cc4ccccc4C3)OC12. The molecule has 2 saturated heterocycles. The van der Waals surface area contributed by atoms with E-state index in [1.165, 1.54) is 49.7 Å². The van der Waals surface area contributed by atoms with Gasteiger partial charge >= 0.3 is 5.97 Å². The van der Waals surface area contributed by atoms with Crippen molar-refractivity contribution in [3.63, 3.8) is 0 Å². The molecule has 2 N–H and O–H groups in total. The van der Waals surface area contributed by atoms with Crippen molar-refractivity contribution in [3.8, 4) is 0 Å². The summed E-state index contributed by atoms with van der Waals surface area (Å²) in [5.74, 6) is 1.43. The van der Waals surface area contributed by atoms with Crippen LogP contribution in [0.3, 0.4) is 0 Å². The van der Waals surface area contributed by atoms with E-state index in [0.717, 1.165) is 30.1 Å². The largest absolute Gasteiger partial charge is 0.479 e. The maximum absolute atomic E-state index is 12.2. The highest BCUT2D eigenvalue weighted by Crippen LogP contribution is 2.60. The average molecular weight is 544 g/mol. The molecule has 2 aliphatic heterocycles. The normalized spacial score (nSPS) is 38.2. The van der Waals surface area contributed by atoms with Crippen molar-refractivity contribution in [1.82, 2.24) is 19.5 Å². The van der Waals surface area contributed by atoms with Crippen LogP contribution < -0.4 is 5.32 Å². The first-order valence-electron chi connectivity index (χ1n) is 14.7. The Morgan fingerprint density at radius 1 is 0.975 bits per heavy atom. The highest BCUT2D eigenvalue weighted by Gasteiger charge is 2.62. The molecule has 5 aliphatic carbocycles. The Hall–Kier alpha value is -3.08. The van der Waals surface area contributed by atoms with Gasteiger partial charge in [-0.05, 0) is 72.8 Å². The van der Waals surface area contributed by atoms with Crippen molar-refractivity contribution in [1.29, 1.82) is 0 Å². The minimum atomic E-state index is -1.15. The van der Waals surface area contributed by atoms with Crippen LogP contribution in [0.25, 0.3) is 11.2 Å². The van der Waals surface area contributed by atoms with Gasteiger partial charge in [0.25, 0.3) is 0 Å². The molecule has 1 unspecified atom stereocenters. The fourth-order valence-corrected chi connectivity index (χ4v) is 9.50. The van der Waals surface area contributed by atoms with E-state index in [-0.39, 0.29) is 0 Å². The van der Waals surface area contributed by atoms with Crippen LogP contribution in [-0.2, 0) is 31.8 Å². The number of fused-ring (bicyclic) bond motifs is 3. The van der Waals surface area contributed by atoms with Crippen LogP contribution >= 0.6 is 0 Å². The highest BCUT2D eigenvalue weighted by atomic mass is 16.8. The Bertz CT molecular complexity index is 1460. The van der Waals surface area contributed by atoms with E-state index >= 15 is 0 Å². The lowest BCUT2D eigenvalue weighted by atomic mass is 9.49. The molecular weight excluding hydrogens is 510 g/mol. The van der Waals surface area contributed by atoms with Gasteiger partial charge in [0.05, 0.1) is 6.33 Å². The molecule has 6 fully saturated rings. The molecule has 3 aromatic rings. The maximum atomic E-state index is 12.2. The van der Waals surface area contributed by atoms with Crippen molar-refractivity contribution in [2.75, 3.05) is 11.9 Å². The molecule has 208 valence electrons. The molecule has 4 heterocycles. The monoisotopic (exact) mass is 543 g/mol. The highest BCUT2D eigenvalue weighted by molar-refractivity contribution is 5.83. The number of aliphatic carboxylic acids is 1. The number of nitrogens with one attached hydrogen (secondary N) is 1. The van der Waals surface area contributed by atoms with Gasteiger partial charge in [0.2, 0.25) is 0 Å². The third-order valence-corrected chi connectivity index (χ3v) is 10.6. The average Bonchev–Trinajstić information content (AvgIpc) is 3.67. The number of imidazole rings is 1. The summed E-state index contributed by atoms with van der Waals surface area (Å²) in [6.45, 7) is 0.904. The molecule has 10 heteroatoms. The number of carbonyl (C=O) groups is 1. The molecule has 7 aliphatic rings. The van der Waals surface area contributed by atoms with E-state index in [2.05, 4.69) is 32.4 Å². The molecule has 10 nitrogen and oxygen atoms in total. The zero-order valence-electron chi connectivity index (χ0n) is 22.2. The zero-order chi connectivity index (χ0) is 26.6. The van der Waals surface area contributed by atoms with Gasteiger partial charge in [-0.1, -0.05) is 24.3 Å². The summed E-state index contributed by atoms with van der Waals surface area (Å²) in [6.07, 6.45) is 9.36. The van der Waals surface area contributed by atoms with Gasteiger partial charge < -0.3 is 24.6 Å². The van der Waals surface area contributed by atoms with Crippen molar-refractivity contribution in [3.05, 3.63) is 48.0 Å². The van der Waals surface area contributed by atoms with Gasteiger partial charge in [-0.3, -0.25) is 4.57 Å². The lowest BCUT2D eigenvalue weighted by Gasteiger charge is -2.57. The molecule has 1 spiro atoms. The lowest BCUT2D eigenvalue weighted by molar-refractivity contribution is -0.214. The Labute approximate surface area is 231 Å². The second kappa shape index (κ2) is 8.24. The second-order valence-electron chi connectivity index (χ2n) is 13.3. The number of aromatic nitrogens is 4. The number of carboxylic acid groups (broad SMARTS) is 1. The van der Waals surface area contributed by atoms with Crippen LogP contribution in [0.4, 0.5) is 5.82 Å².